The summed E-state index contributed by atoms with van der Waals surface area (Å²) in [5, 5.41) is 12.5. The van der Waals surface area contributed by atoms with Gasteiger partial charge < -0.3 is 15.2 Å². The van der Waals surface area contributed by atoms with Crippen LogP contribution in [0.5, 0.6) is 0 Å². The van der Waals surface area contributed by atoms with Crippen molar-refractivity contribution in [2.24, 2.45) is 5.92 Å². The summed E-state index contributed by atoms with van der Waals surface area (Å²) < 4.78 is 45.8. The Morgan fingerprint density at radius 3 is 2.50 bits per heavy atom. The lowest BCUT2D eigenvalue weighted by molar-refractivity contribution is -0.127. The Kier molecular flexibility index (Phi) is 12.0. The van der Waals surface area contributed by atoms with E-state index in [9.17, 15) is 23.1 Å². The molecule has 8 heteroatoms. The quantitative estimate of drug-likeness (QED) is 0.336. The number of aliphatic hydroxyl groups is 1. The number of carbonyl (C=O) groups excluding carboxylic acids is 1. The number of amides is 1. The van der Waals surface area contributed by atoms with E-state index in [2.05, 4.69) is 5.32 Å². The van der Waals surface area contributed by atoms with E-state index in [-0.39, 0.29) is 31.0 Å². The third-order valence-electron chi connectivity index (χ3n) is 7.08. The van der Waals surface area contributed by atoms with Crippen molar-refractivity contribution in [1.82, 2.24) is 5.32 Å². The zero-order valence-electron chi connectivity index (χ0n) is 22.8. The van der Waals surface area contributed by atoms with Crippen LogP contribution in [-0.2, 0) is 16.1 Å². The molecule has 0 aromatic heterocycles. The molecule has 0 heterocycles. The SMILES string of the molecule is CC.O=C(N[C@@H](CO)c1ccccc1)C1CCCCC1c1cccc(COC2C=CC=CC(C(F)(F)F)=C2Cl)c1. The van der Waals surface area contributed by atoms with Crippen molar-refractivity contribution in [2.75, 3.05) is 6.61 Å². The molecule has 3 unspecified atom stereocenters. The molecule has 2 aliphatic carbocycles. The summed E-state index contributed by atoms with van der Waals surface area (Å²) in [5.74, 6) is -0.353. The van der Waals surface area contributed by atoms with Gasteiger partial charge in [0.2, 0.25) is 5.91 Å². The smallest absolute Gasteiger partial charge is 0.394 e. The Hall–Kier alpha value is -2.87. The van der Waals surface area contributed by atoms with Crippen molar-refractivity contribution < 1.29 is 27.8 Å². The number of carbonyl (C=O) groups is 1. The standard InChI is InChI=1S/C30H31ClF3NO3.C2H6/c31-28-25(30(32,33)34)15-6-7-16-27(28)38-19-20-9-8-12-22(17-20)23-13-4-5-14-24(23)29(37)35-26(18-36)21-10-2-1-3-11-21;1-2/h1-3,6-12,15-17,23-24,26-27,36H,4-5,13-14,18-19H2,(H,35,37);1-2H3/t23?,24?,26-,27?;/m0./s1. The van der Waals surface area contributed by atoms with Crippen LogP contribution < -0.4 is 5.32 Å². The number of benzene rings is 2. The minimum Gasteiger partial charge on any atom is -0.394 e. The van der Waals surface area contributed by atoms with Crippen molar-refractivity contribution >= 4 is 17.5 Å². The Morgan fingerprint density at radius 1 is 1.07 bits per heavy atom. The van der Waals surface area contributed by atoms with Gasteiger partial charge in [-0.3, -0.25) is 4.79 Å². The molecule has 2 aliphatic rings. The molecule has 4 nitrogen and oxygen atoms in total. The van der Waals surface area contributed by atoms with E-state index >= 15 is 0 Å². The zero-order chi connectivity index (χ0) is 29.1. The topological polar surface area (TPSA) is 58.6 Å². The maximum atomic E-state index is 13.3. The second-order valence-electron chi connectivity index (χ2n) is 9.63. The van der Waals surface area contributed by atoms with E-state index in [1.165, 1.54) is 18.2 Å². The molecule has 0 saturated heterocycles. The Labute approximate surface area is 239 Å². The third-order valence-corrected chi connectivity index (χ3v) is 7.50. The van der Waals surface area contributed by atoms with E-state index in [1.54, 1.807) is 0 Å². The van der Waals surface area contributed by atoms with Gasteiger partial charge in [-0.05, 0) is 41.5 Å². The summed E-state index contributed by atoms with van der Waals surface area (Å²) in [6, 6.07) is 16.6. The van der Waals surface area contributed by atoms with Crippen LogP contribution in [0.25, 0.3) is 0 Å². The summed E-state index contributed by atoms with van der Waals surface area (Å²) in [6.45, 7) is 3.87. The van der Waals surface area contributed by atoms with Crippen LogP contribution in [0.3, 0.4) is 0 Å². The molecule has 0 bridgehead atoms. The maximum absolute atomic E-state index is 13.3. The molecule has 2 aromatic rings. The van der Waals surface area contributed by atoms with E-state index < -0.39 is 28.9 Å². The van der Waals surface area contributed by atoms with Gasteiger partial charge in [0.05, 0.1) is 29.9 Å². The normalized spacial score (nSPS) is 21.7. The first-order chi connectivity index (χ1) is 19.3. The van der Waals surface area contributed by atoms with Crippen LogP contribution in [0.1, 0.15) is 68.2 Å². The minimum atomic E-state index is -4.58. The predicted molar refractivity (Wildman–Crippen MR) is 153 cm³/mol. The van der Waals surface area contributed by atoms with Crippen molar-refractivity contribution in [3.63, 3.8) is 0 Å². The second kappa shape index (κ2) is 15.2. The molecule has 40 heavy (non-hydrogen) atoms. The molecule has 2 N–H and O–H groups in total. The van der Waals surface area contributed by atoms with Crippen LogP contribution in [0, 0.1) is 5.92 Å². The van der Waals surface area contributed by atoms with Gasteiger partial charge >= 0.3 is 6.18 Å². The molecule has 216 valence electrons. The lowest BCUT2D eigenvalue weighted by Crippen LogP contribution is -2.39. The number of hydrogen-bond donors (Lipinski definition) is 2. The Morgan fingerprint density at radius 2 is 1.80 bits per heavy atom. The fraction of sp³-hybridized carbons (Fsp3) is 0.406. The Bertz CT molecular complexity index is 1190. The molecule has 0 spiro atoms. The highest BCUT2D eigenvalue weighted by atomic mass is 35.5. The van der Waals surface area contributed by atoms with Gasteiger partial charge in [0.15, 0.2) is 0 Å². The number of allylic oxidation sites excluding steroid dienone is 4. The number of halogens is 4. The summed E-state index contributed by atoms with van der Waals surface area (Å²) in [7, 11) is 0. The number of hydrogen-bond acceptors (Lipinski definition) is 3. The molecular formula is C32H37ClF3NO3. The molecule has 0 aliphatic heterocycles. The lowest BCUT2D eigenvalue weighted by atomic mass is 9.74. The summed E-state index contributed by atoms with van der Waals surface area (Å²) in [6.07, 6.45) is 3.15. The van der Waals surface area contributed by atoms with E-state index in [0.717, 1.165) is 48.4 Å². The van der Waals surface area contributed by atoms with Crippen LogP contribution in [0.15, 0.2) is 89.5 Å². The number of alkyl halides is 3. The largest absolute Gasteiger partial charge is 0.417 e. The number of rotatable bonds is 8. The van der Waals surface area contributed by atoms with Crippen LogP contribution in [0.4, 0.5) is 13.2 Å². The summed E-state index contributed by atoms with van der Waals surface area (Å²) >= 11 is 6.08. The average molecular weight is 576 g/mol. The first-order valence-electron chi connectivity index (χ1n) is 13.8. The molecule has 0 radical (unpaired) electrons. The van der Waals surface area contributed by atoms with Crippen molar-refractivity contribution in [3.8, 4) is 0 Å². The van der Waals surface area contributed by atoms with E-state index in [4.69, 9.17) is 16.3 Å². The molecule has 1 fully saturated rings. The van der Waals surface area contributed by atoms with Gasteiger partial charge in [0, 0.05) is 5.92 Å². The predicted octanol–water partition coefficient (Wildman–Crippen LogP) is 7.90. The van der Waals surface area contributed by atoms with Gasteiger partial charge in [-0.1, -0.05) is 111 Å². The van der Waals surface area contributed by atoms with Gasteiger partial charge in [0.25, 0.3) is 0 Å². The highest BCUT2D eigenvalue weighted by Crippen LogP contribution is 2.39. The van der Waals surface area contributed by atoms with E-state index in [0.29, 0.717) is 0 Å². The molecular weight excluding hydrogens is 539 g/mol. The second-order valence-corrected chi connectivity index (χ2v) is 10.0. The maximum Gasteiger partial charge on any atom is 0.417 e. The number of aliphatic hydroxyl groups excluding tert-OH is 1. The first-order valence-corrected chi connectivity index (χ1v) is 14.1. The molecule has 4 atom stereocenters. The van der Waals surface area contributed by atoms with Crippen LogP contribution >= 0.6 is 11.6 Å². The monoisotopic (exact) mass is 575 g/mol. The Balaban J connectivity index is 0.00000216. The first kappa shape index (κ1) is 31.7. The van der Waals surface area contributed by atoms with Gasteiger partial charge in [0.1, 0.15) is 6.10 Å². The van der Waals surface area contributed by atoms with E-state index in [1.807, 2.05) is 68.4 Å². The number of ether oxygens (including phenoxy) is 1. The fourth-order valence-corrected chi connectivity index (χ4v) is 5.44. The van der Waals surface area contributed by atoms with Crippen LogP contribution in [0.2, 0.25) is 0 Å². The van der Waals surface area contributed by atoms with Crippen molar-refractivity contribution in [1.29, 1.82) is 0 Å². The fourth-order valence-electron chi connectivity index (χ4n) is 5.13. The van der Waals surface area contributed by atoms with Crippen molar-refractivity contribution in [3.05, 3.63) is 106 Å². The van der Waals surface area contributed by atoms with Gasteiger partial charge in [-0.15, -0.1) is 0 Å². The minimum absolute atomic E-state index is 0.0129. The average Bonchev–Trinajstić information content (AvgIpc) is 3.17. The van der Waals surface area contributed by atoms with Crippen LogP contribution in [-0.4, -0.2) is 29.9 Å². The molecule has 1 saturated carbocycles. The highest BCUT2D eigenvalue weighted by Gasteiger charge is 2.37. The lowest BCUT2D eigenvalue weighted by Gasteiger charge is -2.32. The van der Waals surface area contributed by atoms with Gasteiger partial charge in [-0.25, -0.2) is 0 Å². The van der Waals surface area contributed by atoms with Crippen molar-refractivity contribution in [2.45, 2.75) is 70.4 Å². The zero-order valence-corrected chi connectivity index (χ0v) is 23.6. The summed E-state index contributed by atoms with van der Waals surface area (Å²) in [5.41, 5.74) is 1.70. The highest BCUT2D eigenvalue weighted by molar-refractivity contribution is 6.31. The number of nitrogens with one attached hydrogen (secondary N) is 1. The molecule has 1 amide bonds. The van der Waals surface area contributed by atoms with Gasteiger partial charge in [-0.2, -0.15) is 13.2 Å². The third kappa shape index (κ3) is 8.32. The summed E-state index contributed by atoms with van der Waals surface area (Å²) in [4.78, 5) is 13.3. The molecule has 4 rings (SSSR count). The molecule has 2 aromatic carbocycles.